The average Bonchev–Trinajstić information content (AvgIpc) is 3.41. The molecule has 0 aliphatic carbocycles. The number of rotatable bonds is 16. The molecule has 1 saturated heterocycles. The van der Waals surface area contributed by atoms with Gasteiger partial charge < -0.3 is 41.2 Å². The first kappa shape index (κ1) is 26.5. The molecular weight excluding hydrogens is 452 g/mol. The maximum atomic E-state index is 12.4. The number of benzene rings is 1. The van der Waals surface area contributed by atoms with Crippen LogP contribution in [0.3, 0.4) is 0 Å². The lowest BCUT2D eigenvalue weighted by Gasteiger charge is -2.17. The predicted molar refractivity (Wildman–Crippen MR) is 134 cm³/mol. The van der Waals surface area contributed by atoms with Crippen LogP contribution < -0.4 is 26.6 Å². The van der Waals surface area contributed by atoms with Crippen molar-refractivity contribution >= 4 is 29.4 Å². The smallest absolute Gasteiger partial charge is 0.251 e. The molecule has 0 spiro atoms. The van der Waals surface area contributed by atoms with Gasteiger partial charge >= 0.3 is 0 Å². The fraction of sp³-hybridized carbons (Fsp3) is 0.565. The molecule has 6 N–H and O–H groups in total. The molecule has 1 fully saturated rings. The van der Waals surface area contributed by atoms with Crippen molar-refractivity contribution in [2.24, 2.45) is 5.73 Å². The standard InChI is InChI=1S/C23H36N8O4/c24-8-14-34-16-17-35-15-10-25-20(33)18-4-6-19(7-5-18)27-22-28-21(26-9-3-13-32)29-23(30-22)31-11-1-2-12-31/h4-7,32H,1-3,8-17,24H2,(H,25,33)(H2,26,27,28,29,30). The predicted octanol–water partition coefficient (Wildman–Crippen LogP) is 0.731. The second-order valence-corrected chi connectivity index (χ2v) is 7.95. The summed E-state index contributed by atoms with van der Waals surface area (Å²) < 4.78 is 10.6. The Balaban J connectivity index is 1.52. The fourth-order valence-corrected chi connectivity index (χ4v) is 3.42. The molecule has 0 unspecified atom stereocenters. The number of carbonyl (C=O) groups is 1. The molecule has 192 valence electrons. The Bertz CT molecular complexity index is 894. The SMILES string of the molecule is NCCOCCOCCNC(=O)c1ccc(Nc2nc(NCCCO)nc(N3CCCC3)n2)cc1. The van der Waals surface area contributed by atoms with Gasteiger partial charge in [0.1, 0.15) is 0 Å². The van der Waals surface area contributed by atoms with E-state index in [4.69, 9.17) is 20.3 Å². The number of carbonyl (C=O) groups excluding carboxylic acids is 1. The van der Waals surface area contributed by atoms with Crippen LogP contribution in [0.1, 0.15) is 29.6 Å². The molecule has 2 heterocycles. The Morgan fingerprint density at radius 3 is 2.40 bits per heavy atom. The lowest BCUT2D eigenvalue weighted by atomic mass is 10.2. The molecule has 1 aliphatic heterocycles. The lowest BCUT2D eigenvalue weighted by molar-refractivity contribution is 0.0511. The number of nitrogens with one attached hydrogen (secondary N) is 3. The number of nitrogens with two attached hydrogens (primary N) is 1. The molecule has 0 atom stereocenters. The minimum absolute atomic E-state index is 0.0965. The molecule has 3 rings (SSSR count). The minimum Gasteiger partial charge on any atom is -0.396 e. The summed E-state index contributed by atoms with van der Waals surface area (Å²) in [6.45, 7) is 5.26. The molecule has 12 heteroatoms. The number of ether oxygens (including phenoxy) is 2. The van der Waals surface area contributed by atoms with E-state index in [1.807, 2.05) is 0 Å². The number of hydrogen-bond donors (Lipinski definition) is 5. The molecule has 1 aliphatic rings. The first-order chi connectivity index (χ1) is 17.2. The van der Waals surface area contributed by atoms with Crippen LogP contribution in [0, 0.1) is 0 Å². The Kier molecular flexibility index (Phi) is 11.4. The van der Waals surface area contributed by atoms with Crippen molar-refractivity contribution in [3.05, 3.63) is 29.8 Å². The molecule has 1 amide bonds. The number of aliphatic hydroxyl groups excluding tert-OH is 1. The minimum atomic E-state index is -0.175. The highest BCUT2D eigenvalue weighted by Crippen LogP contribution is 2.21. The molecule has 35 heavy (non-hydrogen) atoms. The monoisotopic (exact) mass is 488 g/mol. The van der Waals surface area contributed by atoms with E-state index in [1.54, 1.807) is 24.3 Å². The van der Waals surface area contributed by atoms with Crippen molar-refractivity contribution in [3.8, 4) is 0 Å². The molecule has 2 aromatic rings. The number of nitrogens with zero attached hydrogens (tertiary/aromatic N) is 4. The Labute approximate surface area is 205 Å². The van der Waals surface area contributed by atoms with Crippen LogP contribution in [0.2, 0.25) is 0 Å². The van der Waals surface area contributed by atoms with Gasteiger partial charge in [-0.05, 0) is 43.5 Å². The van der Waals surface area contributed by atoms with Crippen LogP contribution in [0.4, 0.5) is 23.5 Å². The largest absolute Gasteiger partial charge is 0.396 e. The van der Waals surface area contributed by atoms with Crippen molar-refractivity contribution in [3.63, 3.8) is 0 Å². The van der Waals surface area contributed by atoms with Crippen LogP contribution in [0.25, 0.3) is 0 Å². The number of aliphatic hydroxyl groups is 1. The molecule has 0 bridgehead atoms. The first-order valence-corrected chi connectivity index (χ1v) is 12.1. The Hall–Kier alpha value is -3.06. The first-order valence-electron chi connectivity index (χ1n) is 12.1. The van der Waals surface area contributed by atoms with Gasteiger partial charge in [0.05, 0.1) is 26.4 Å². The zero-order valence-corrected chi connectivity index (χ0v) is 20.0. The van der Waals surface area contributed by atoms with Gasteiger partial charge in [-0.15, -0.1) is 0 Å². The summed E-state index contributed by atoms with van der Waals surface area (Å²) in [7, 11) is 0. The highest BCUT2D eigenvalue weighted by atomic mass is 16.5. The van der Waals surface area contributed by atoms with E-state index in [-0.39, 0.29) is 12.5 Å². The second kappa shape index (κ2) is 15.0. The van der Waals surface area contributed by atoms with Gasteiger partial charge in [-0.1, -0.05) is 0 Å². The van der Waals surface area contributed by atoms with E-state index in [0.29, 0.717) is 75.9 Å². The summed E-state index contributed by atoms with van der Waals surface area (Å²) in [6, 6.07) is 7.08. The third-order valence-corrected chi connectivity index (χ3v) is 5.20. The Morgan fingerprint density at radius 1 is 0.971 bits per heavy atom. The Morgan fingerprint density at radius 2 is 1.69 bits per heavy atom. The number of anilines is 4. The summed E-state index contributed by atoms with van der Waals surface area (Å²) in [4.78, 5) is 28.0. The van der Waals surface area contributed by atoms with Crippen LogP contribution in [0.5, 0.6) is 0 Å². The summed E-state index contributed by atoms with van der Waals surface area (Å²) in [5.41, 5.74) is 6.64. The van der Waals surface area contributed by atoms with E-state index in [0.717, 1.165) is 31.6 Å². The average molecular weight is 489 g/mol. The summed E-state index contributed by atoms with van der Waals surface area (Å²) >= 11 is 0. The van der Waals surface area contributed by atoms with Crippen LogP contribution in [-0.2, 0) is 9.47 Å². The molecule has 1 aromatic carbocycles. The second-order valence-electron chi connectivity index (χ2n) is 7.95. The third kappa shape index (κ3) is 9.25. The van der Waals surface area contributed by atoms with E-state index >= 15 is 0 Å². The van der Waals surface area contributed by atoms with Gasteiger partial charge in [-0.25, -0.2) is 0 Å². The third-order valence-electron chi connectivity index (χ3n) is 5.20. The van der Waals surface area contributed by atoms with Gasteiger partial charge in [-0.3, -0.25) is 4.79 Å². The summed E-state index contributed by atoms with van der Waals surface area (Å²) in [6.07, 6.45) is 2.83. The van der Waals surface area contributed by atoms with Gasteiger partial charge in [0.15, 0.2) is 0 Å². The zero-order chi connectivity index (χ0) is 24.7. The van der Waals surface area contributed by atoms with Crippen molar-refractivity contribution in [1.29, 1.82) is 0 Å². The van der Waals surface area contributed by atoms with Crippen molar-refractivity contribution in [2.45, 2.75) is 19.3 Å². The lowest BCUT2D eigenvalue weighted by Crippen LogP contribution is -2.27. The molecular formula is C23H36N8O4. The topological polar surface area (TPSA) is 160 Å². The van der Waals surface area contributed by atoms with Crippen LogP contribution >= 0.6 is 0 Å². The molecule has 0 radical (unpaired) electrons. The maximum absolute atomic E-state index is 12.4. The normalized spacial score (nSPS) is 13.1. The van der Waals surface area contributed by atoms with E-state index in [2.05, 4.69) is 35.8 Å². The van der Waals surface area contributed by atoms with Gasteiger partial charge in [0, 0.05) is 50.6 Å². The van der Waals surface area contributed by atoms with Crippen LogP contribution in [0.15, 0.2) is 24.3 Å². The van der Waals surface area contributed by atoms with Crippen molar-refractivity contribution in [1.82, 2.24) is 20.3 Å². The molecule has 0 saturated carbocycles. The van der Waals surface area contributed by atoms with Gasteiger partial charge in [-0.2, -0.15) is 15.0 Å². The number of amides is 1. The highest BCUT2D eigenvalue weighted by molar-refractivity contribution is 5.94. The molecule has 12 nitrogen and oxygen atoms in total. The maximum Gasteiger partial charge on any atom is 0.251 e. The van der Waals surface area contributed by atoms with Crippen LogP contribution in [-0.4, -0.2) is 91.7 Å². The van der Waals surface area contributed by atoms with Crippen molar-refractivity contribution < 1.29 is 19.4 Å². The van der Waals surface area contributed by atoms with E-state index in [9.17, 15) is 4.79 Å². The molecule has 1 aromatic heterocycles. The van der Waals surface area contributed by atoms with E-state index < -0.39 is 0 Å². The van der Waals surface area contributed by atoms with Crippen molar-refractivity contribution in [2.75, 3.05) is 81.3 Å². The zero-order valence-electron chi connectivity index (χ0n) is 20.0. The fourth-order valence-electron chi connectivity index (χ4n) is 3.42. The van der Waals surface area contributed by atoms with Gasteiger partial charge in [0.25, 0.3) is 5.91 Å². The summed E-state index contributed by atoms with van der Waals surface area (Å²) in [5.74, 6) is 1.32. The van der Waals surface area contributed by atoms with Gasteiger partial charge in [0.2, 0.25) is 17.8 Å². The number of aromatic nitrogens is 3. The van der Waals surface area contributed by atoms with E-state index in [1.165, 1.54) is 0 Å². The summed E-state index contributed by atoms with van der Waals surface area (Å²) in [5, 5.41) is 18.2. The quantitative estimate of drug-likeness (QED) is 0.212. The highest BCUT2D eigenvalue weighted by Gasteiger charge is 2.17. The number of hydrogen-bond acceptors (Lipinski definition) is 11.